The van der Waals surface area contributed by atoms with Crippen molar-refractivity contribution in [3.63, 3.8) is 0 Å². The van der Waals surface area contributed by atoms with E-state index in [0.29, 0.717) is 13.1 Å². The fourth-order valence-electron chi connectivity index (χ4n) is 0.585. The van der Waals surface area contributed by atoms with Gasteiger partial charge in [-0.15, -0.1) is 0 Å². The molecular weight excluding hydrogens is 146 g/mol. The predicted molar refractivity (Wildman–Crippen MR) is 40.9 cm³/mol. The molecule has 3 amide bonds. The summed E-state index contributed by atoms with van der Waals surface area (Å²) in [6, 6.07) is -0.603. The van der Waals surface area contributed by atoms with Gasteiger partial charge in [0.15, 0.2) is 0 Å². The molecule has 0 heterocycles. The van der Waals surface area contributed by atoms with Crippen LogP contribution in [0.1, 0.15) is 13.3 Å². The van der Waals surface area contributed by atoms with Crippen molar-refractivity contribution in [1.82, 2.24) is 10.6 Å². The van der Waals surface area contributed by atoms with Gasteiger partial charge in [-0.05, 0) is 6.92 Å². The number of carbonyl (C=O) groups excluding carboxylic acids is 2. The maximum absolute atomic E-state index is 10.7. The van der Waals surface area contributed by atoms with Crippen LogP contribution in [0.2, 0.25) is 0 Å². The Bertz CT molecular complexity index is 147. The smallest absolute Gasteiger partial charge is 0.312 e. The molecule has 0 spiro atoms. The lowest BCUT2D eigenvalue weighted by atomic mass is 10.4. The van der Waals surface area contributed by atoms with Gasteiger partial charge in [0.1, 0.15) is 0 Å². The van der Waals surface area contributed by atoms with Crippen molar-refractivity contribution in [2.45, 2.75) is 13.3 Å². The number of hydrogen-bond donors (Lipinski definition) is 3. The van der Waals surface area contributed by atoms with Crippen LogP contribution in [0.3, 0.4) is 0 Å². The minimum absolute atomic E-state index is 0.0822. The van der Waals surface area contributed by atoms with Crippen molar-refractivity contribution in [2.24, 2.45) is 5.73 Å². The molecule has 0 saturated carbocycles. The molecule has 0 fully saturated rings. The van der Waals surface area contributed by atoms with Crippen LogP contribution >= 0.6 is 0 Å². The topological polar surface area (TPSA) is 84.2 Å². The van der Waals surface area contributed by atoms with Crippen LogP contribution in [0.4, 0.5) is 4.79 Å². The fraction of sp³-hybridized carbons (Fsp3) is 0.667. The van der Waals surface area contributed by atoms with Crippen molar-refractivity contribution in [3.05, 3.63) is 0 Å². The van der Waals surface area contributed by atoms with E-state index in [-0.39, 0.29) is 12.3 Å². The molecule has 0 rings (SSSR count). The highest BCUT2D eigenvalue weighted by Gasteiger charge is 1.98. The van der Waals surface area contributed by atoms with Crippen molar-refractivity contribution >= 4 is 11.9 Å². The molecule has 0 atom stereocenters. The van der Waals surface area contributed by atoms with E-state index in [2.05, 4.69) is 10.6 Å². The molecule has 0 unspecified atom stereocenters. The number of urea groups is 1. The summed E-state index contributed by atoms with van der Waals surface area (Å²) in [6.07, 6.45) is 0.275. The zero-order valence-corrected chi connectivity index (χ0v) is 6.52. The van der Waals surface area contributed by atoms with Crippen molar-refractivity contribution in [3.8, 4) is 0 Å². The second kappa shape index (κ2) is 5.52. The van der Waals surface area contributed by atoms with Crippen molar-refractivity contribution < 1.29 is 9.59 Å². The van der Waals surface area contributed by atoms with Crippen molar-refractivity contribution in [1.29, 1.82) is 0 Å². The molecule has 0 saturated heterocycles. The summed E-state index contributed by atoms with van der Waals surface area (Å²) in [5, 5.41) is 4.90. The molecule has 11 heavy (non-hydrogen) atoms. The quantitative estimate of drug-likeness (QED) is 0.500. The van der Waals surface area contributed by atoms with Crippen LogP contribution in [0, 0.1) is 0 Å². The third-order valence-corrected chi connectivity index (χ3v) is 1.03. The van der Waals surface area contributed by atoms with Gasteiger partial charge in [0.2, 0.25) is 5.91 Å². The number of nitrogens with one attached hydrogen (secondary N) is 2. The van der Waals surface area contributed by atoms with Crippen LogP contribution in [0.25, 0.3) is 0 Å². The van der Waals surface area contributed by atoms with Crippen LogP contribution in [0.15, 0.2) is 0 Å². The Balaban J connectivity index is 3.24. The number of hydrogen-bond acceptors (Lipinski definition) is 2. The van der Waals surface area contributed by atoms with Gasteiger partial charge in [0, 0.05) is 19.5 Å². The maximum atomic E-state index is 10.7. The van der Waals surface area contributed by atoms with E-state index in [4.69, 9.17) is 5.73 Å². The molecule has 4 N–H and O–H groups in total. The molecule has 0 aromatic rings. The Hall–Kier alpha value is -1.26. The molecule has 5 heteroatoms. The molecule has 0 aromatic carbocycles. The highest BCUT2D eigenvalue weighted by atomic mass is 16.2. The first kappa shape index (κ1) is 9.74. The molecule has 0 aliphatic carbocycles. The Morgan fingerprint density at radius 3 is 2.45 bits per heavy atom. The minimum Gasteiger partial charge on any atom is -0.356 e. The number of nitrogens with two attached hydrogens (primary N) is 1. The second-order valence-corrected chi connectivity index (χ2v) is 1.99. The summed E-state index contributed by atoms with van der Waals surface area (Å²) in [5.41, 5.74) is 4.77. The lowest BCUT2D eigenvalue weighted by Crippen LogP contribution is -2.33. The average Bonchev–Trinajstić information content (AvgIpc) is 1.87. The summed E-state index contributed by atoms with van der Waals surface area (Å²) in [6.45, 7) is 2.73. The second-order valence-electron chi connectivity index (χ2n) is 1.99. The van der Waals surface area contributed by atoms with Gasteiger partial charge in [0.25, 0.3) is 0 Å². The number of amides is 3. The van der Waals surface area contributed by atoms with E-state index in [1.54, 1.807) is 0 Å². The first-order valence-corrected chi connectivity index (χ1v) is 3.46. The maximum Gasteiger partial charge on any atom is 0.312 e. The average molecular weight is 159 g/mol. The van der Waals surface area contributed by atoms with Gasteiger partial charge >= 0.3 is 6.03 Å². The summed E-state index contributed by atoms with van der Waals surface area (Å²) in [4.78, 5) is 20.8. The summed E-state index contributed by atoms with van der Waals surface area (Å²) >= 11 is 0. The molecule has 0 aromatic heterocycles. The summed E-state index contributed by atoms with van der Waals surface area (Å²) < 4.78 is 0. The molecule has 64 valence electrons. The molecule has 0 bridgehead atoms. The monoisotopic (exact) mass is 159 g/mol. The van der Waals surface area contributed by atoms with Crippen LogP contribution in [-0.2, 0) is 4.79 Å². The molecule has 0 radical (unpaired) electrons. The third kappa shape index (κ3) is 6.63. The van der Waals surface area contributed by atoms with Crippen LogP contribution in [0.5, 0.6) is 0 Å². The van der Waals surface area contributed by atoms with E-state index in [9.17, 15) is 9.59 Å². The SMILES string of the molecule is CCNC(=O)CCNC(N)=O. The lowest BCUT2D eigenvalue weighted by molar-refractivity contribution is -0.120. The zero-order valence-electron chi connectivity index (χ0n) is 6.52. The van der Waals surface area contributed by atoms with E-state index in [0.717, 1.165) is 0 Å². The van der Waals surface area contributed by atoms with Gasteiger partial charge in [-0.1, -0.05) is 0 Å². The number of carbonyl (C=O) groups is 2. The highest BCUT2D eigenvalue weighted by molar-refractivity contribution is 5.77. The molecule has 0 aliphatic rings. The standard InChI is InChI=1S/C6H13N3O2/c1-2-8-5(10)3-4-9-6(7)11/h2-4H2,1H3,(H,8,10)(H3,7,9,11). The van der Waals surface area contributed by atoms with Gasteiger partial charge in [-0.3, -0.25) is 4.79 Å². The van der Waals surface area contributed by atoms with Crippen molar-refractivity contribution in [2.75, 3.05) is 13.1 Å². The first-order valence-electron chi connectivity index (χ1n) is 3.46. The van der Waals surface area contributed by atoms with E-state index < -0.39 is 6.03 Å². The van der Waals surface area contributed by atoms with Gasteiger partial charge < -0.3 is 16.4 Å². The first-order chi connectivity index (χ1) is 5.16. The Morgan fingerprint density at radius 2 is 2.00 bits per heavy atom. The Kier molecular flexibility index (Phi) is 4.89. The highest BCUT2D eigenvalue weighted by Crippen LogP contribution is 1.75. The largest absolute Gasteiger partial charge is 0.356 e. The van der Waals surface area contributed by atoms with Crippen LogP contribution < -0.4 is 16.4 Å². The molecule has 5 nitrogen and oxygen atoms in total. The van der Waals surface area contributed by atoms with Crippen LogP contribution in [-0.4, -0.2) is 25.0 Å². The normalized spacial score (nSPS) is 8.82. The van der Waals surface area contributed by atoms with E-state index >= 15 is 0 Å². The lowest BCUT2D eigenvalue weighted by Gasteiger charge is -2.01. The predicted octanol–water partition coefficient (Wildman–Crippen LogP) is -0.819. The summed E-state index contributed by atoms with van der Waals surface area (Å²) in [7, 11) is 0. The third-order valence-electron chi connectivity index (χ3n) is 1.03. The van der Waals surface area contributed by atoms with Gasteiger partial charge in [-0.25, -0.2) is 4.79 Å². The fourth-order valence-corrected chi connectivity index (χ4v) is 0.585. The number of primary amides is 1. The van der Waals surface area contributed by atoms with E-state index in [1.165, 1.54) is 0 Å². The summed E-state index contributed by atoms with van der Waals surface area (Å²) in [5.74, 6) is -0.0822. The number of rotatable bonds is 4. The zero-order chi connectivity index (χ0) is 8.69. The van der Waals surface area contributed by atoms with E-state index in [1.807, 2.05) is 6.92 Å². The molecular formula is C6H13N3O2. The Labute approximate surface area is 65.3 Å². The minimum atomic E-state index is -0.603. The van der Waals surface area contributed by atoms with Gasteiger partial charge in [-0.2, -0.15) is 0 Å². The Morgan fingerprint density at radius 1 is 1.36 bits per heavy atom. The molecule has 0 aliphatic heterocycles. The van der Waals surface area contributed by atoms with Gasteiger partial charge in [0.05, 0.1) is 0 Å².